The van der Waals surface area contributed by atoms with Gasteiger partial charge in [0, 0.05) is 5.69 Å². The summed E-state index contributed by atoms with van der Waals surface area (Å²) in [4.78, 5) is 0. The SMILES string of the molecule is CCc1ccccc1OCCCc1c(C)n[nH]c1C. The molecule has 102 valence electrons. The van der Waals surface area contributed by atoms with Gasteiger partial charge in [0.2, 0.25) is 0 Å². The van der Waals surface area contributed by atoms with E-state index in [1.165, 1.54) is 16.8 Å². The lowest BCUT2D eigenvalue weighted by molar-refractivity contribution is 0.308. The summed E-state index contributed by atoms with van der Waals surface area (Å²) in [6.45, 7) is 7.02. The molecule has 0 saturated heterocycles. The number of para-hydroxylation sites is 1. The van der Waals surface area contributed by atoms with Gasteiger partial charge in [-0.15, -0.1) is 0 Å². The first kappa shape index (κ1) is 13.7. The normalized spacial score (nSPS) is 10.7. The number of hydrogen-bond acceptors (Lipinski definition) is 2. The van der Waals surface area contributed by atoms with Crippen molar-refractivity contribution in [3.05, 3.63) is 46.8 Å². The third-order valence-corrected chi connectivity index (χ3v) is 3.46. The number of hydrogen-bond donors (Lipinski definition) is 1. The van der Waals surface area contributed by atoms with Crippen LogP contribution < -0.4 is 4.74 Å². The van der Waals surface area contributed by atoms with E-state index in [1.54, 1.807) is 0 Å². The van der Waals surface area contributed by atoms with Crippen molar-refractivity contribution < 1.29 is 4.74 Å². The maximum Gasteiger partial charge on any atom is 0.122 e. The molecule has 0 fully saturated rings. The van der Waals surface area contributed by atoms with E-state index >= 15 is 0 Å². The van der Waals surface area contributed by atoms with Crippen molar-refractivity contribution in [3.63, 3.8) is 0 Å². The molecule has 2 rings (SSSR count). The molecule has 1 heterocycles. The van der Waals surface area contributed by atoms with Gasteiger partial charge >= 0.3 is 0 Å². The molecule has 0 aliphatic carbocycles. The van der Waals surface area contributed by atoms with Crippen LogP contribution in [0.4, 0.5) is 0 Å². The summed E-state index contributed by atoms with van der Waals surface area (Å²) in [7, 11) is 0. The Kier molecular flexibility index (Phi) is 4.61. The second-order valence-electron chi connectivity index (χ2n) is 4.83. The number of rotatable bonds is 6. The monoisotopic (exact) mass is 258 g/mol. The van der Waals surface area contributed by atoms with E-state index < -0.39 is 0 Å². The molecule has 1 aromatic heterocycles. The van der Waals surface area contributed by atoms with Crippen molar-refractivity contribution >= 4 is 0 Å². The van der Waals surface area contributed by atoms with Crippen molar-refractivity contribution in [2.24, 2.45) is 0 Å². The Balaban J connectivity index is 1.84. The number of ether oxygens (including phenoxy) is 1. The molecule has 0 atom stereocenters. The van der Waals surface area contributed by atoms with Gasteiger partial charge in [0.1, 0.15) is 5.75 Å². The highest BCUT2D eigenvalue weighted by Crippen LogP contribution is 2.19. The fraction of sp³-hybridized carbons (Fsp3) is 0.438. The lowest BCUT2D eigenvalue weighted by Crippen LogP contribution is -2.02. The minimum absolute atomic E-state index is 0.751. The molecule has 3 nitrogen and oxygen atoms in total. The van der Waals surface area contributed by atoms with Crippen molar-refractivity contribution in [2.45, 2.75) is 40.0 Å². The van der Waals surface area contributed by atoms with E-state index in [0.29, 0.717) is 0 Å². The molecule has 0 unspecified atom stereocenters. The standard InChI is InChI=1S/C16H22N2O/c1-4-14-8-5-6-10-16(14)19-11-7-9-15-12(2)17-18-13(15)3/h5-6,8,10H,4,7,9,11H2,1-3H3,(H,17,18). The highest BCUT2D eigenvalue weighted by atomic mass is 16.5. The Morgan fingerprint density at radius 1 is 1.21 bits per heavy atom. The number of aryl methyl sites for hydroxylation is 3. The highest BCUT2D eigenvalue weighted by molar-refractivity contribution is 5.33. The van der Waals surface area contributed by atoms with Gasteiger partial charge in [-0.1, -0.05) is 25.1 Å². The first-order valence-electron chi connectivity index (χ1n) is 6.93. The third-order valence-electron chi connectivity index (χ3n) is 3.46. The van der Waals surface area contributed by atoms with E-state index in [0.717, 1.165) is 37.3 Å². The van der Waals surface area contributed by atoms with Gasteiger partial charge in [-0.25, -0.2) is 0 Å². The average molecular weight is 258 g/mol. The van der Waals surface area contributed by atoms with Crippen LogP contribution in [0.3, 0.4) is 0 Å². The molecular formula is C16H22N2O. The Labute approximate surface area is 115 Å². The van der Waals surface area contributed by atoms with Crippen molar-refractivity contribution in [2.75, 3.05) is 6.61 Å². The molecular weight excluding hydrogens is 236 g/mol. The Bertz CT molecular complexity index is 512. The van der Waals surface area contributed by atoms with Crippen molar-refractivity contribution in [3.8, 4) is 5.75 Å². The molecule has 0 bridgehead atoms. The summed E-state index contributed by atoms with van der Waals surface area (Å²) >= 11 is 0. The van der Waals surface area contributed by atoms with Crippen LogP contribution in [0.1, 0.15) is 35.9 Å². The number of nitrogens with one attached hydrogen (secondary N) is 1. The predicted octanol–water partition coefficient (Wildman–Crippen LogP) is 3.60. The number of nitrogens with zero attached hydrogens (tertiary/aromatic N) is 1. The van der Waals surface area contributed by atoms with Gasteiger partial charge < -0.3 is 4.74 Å². The maximum atomic E-state index is 5.88. The van der Waals surface area contributed by atoms with Gasteiger partial charge in [-0.3, -0.25) is 5.10 Å². The van der Waals surface area contributed by atoms with Crippen LogP contribution in [0, 0.1) is 13.8 Å². The van der Waals surface area contributed by atoms with E-state index in [9.17, 15) is 0 Å². The molecule has 19 heavy (non-hydrogen) atoms. The van der Waals surface area contributed by atoms with Crippen LogP contribution in [-0.2, 0) is 12.8 Å². The molecule has 3 heteroatoms. The summed E-state index contributed by atoms with van der Waals surface area (Å²) in [6, 6.07) is 8.26. The van der Waals surface area contributed by atoms with Crippen LogP contribution in [0.5, 0.6) is 5.75 Å². The first-order valence-corrected chi connectivity index (χ1v) is 6.93. The summed E-state index contributed by atoms with van der Waals surface area (Å²) in [5.41, 5.74) is 4.88. The third kappa shape index (κ3) is 3.37. The summed E-state index contributed by atoms with van der Waals surface area (Å²) < 4.78 is 5.88. The van der Waals surface area contributed by atoms with Crippen molar-refractivity contribution in [1.82, 2.24) is 10.2 Å². The minimum atomic E-state index is 0.751. The van der Waals surface area contributed by atoms with Gasteiger partial charge in [-0.05, 0) is 50.3 Å². The van der Waals surface area contributed by atoms with Crippen LogP contribution in [-0.4, -0.2) is 16.8 Å². The van der Waals surface area contributed by atoms with E-state index in [1.807, 2.05) is 19.1 Å². The maximum absolute atomic E-state index is 5.88. The zero-order chi connectivity index (χ0) is 13.7. The summed E-state index contributed by atoms with van der Waals surface area (Å²) in [6.07, 6.45) is 3.04. The summed E-state index contributed by atoms with van der Waals surface area (Å²) in [5, 5.41) is 7.24. The van der Waals surface area contributed by atoms with E-state index in [4.69, 9.17) is 4.74 Å². The van der Waals surface area contributed by atoms with Crippen LogP contribution in [0.25, 0.3) is 0 Å². The summed E-state index contributed by atoms with van der Waals surface area (Å²) in [5.74, 6) is 1.02. The Morgan fingerprint density at radius 2 is 2.00 bits per heavy atom. The van der Waals surface area contributed by atoms with Crippen LogP contribution in [0.15, 0.2) is 24.3 Å². The van der Waals surface area contributed by atoms with Crippen LogP contribution >= 0.6 is 0 Å². The minimum Gasteiger partial charge on any atom is -0.493 e. The first-order chi connectivity index (χ1) is 9.22. The fourth-order valence-electron chi connectivity index (χ4n) is 2.31. The Morgan fingerprint density at radius 3 is 2.68 bits per heavy atom. The number of aromatic amines is 1. The van der Waals surface area contributed by atoms with Gasteiger partial charge in [-0.2, -0.15) is 5.10 Å². The van der Waals surface area contributed by atoms with E-state index in [2.05, 4.69) is 36.2 Å². The topological polar surface area (TPSA) is 37.9 Å². The quantitative estimate of drug-likeness (QED) is 0.804. The fourth-order valence-corrected chi connectivity index (χ4v) is 2.31. The lowest BCUT2D eigenvalue weighted by Gasteiger charge is -2.10. The largest absolute Gasteiger partial charge is 0.493 e. The molecule has 0 radical (unpaired) electrons. The number of aromatic nitrogens is 2. The van der Waals surface area contributed by atoms with Gasteiger partial charge in [0.05, 0.1) is 12.3 Å². The molecule has 0 aliphatic heterocycles. The second-order valence-corrected chi connectivity index (χ2v) is 4.83. The van der Waals surface area contributed by atoms with Crippen molar-refractivity contribution in [1.29, 1.82) is 0 Å². The molecule has 0 aliphatic rings. The molecule has 0 amide bonds. The lowest BCUT2D eigenvalue weighted by atomic mass is 10.1. The molecule has 0 spiro atoms. The molecule has 0 saturated carbocycles. The van der Waals surface area contributed by atoms with Crippen LogP contribution in [0.2, 0.25) is 0 Å². The predicted molar refractivity (Wildman–Crippen MR) is 77.7 cm³/mol. The second kappa shape index (κ2) is 6.41. The molecule has 1 aromatic carbocycles. The van der Waals surface area contributed by atoms with E-state index in [-0.39, 0.29) is 0 Å². The zero-order valence-electron chi connectivity index (χ0n) is 12.0. The average Bonchev–Trinajstić information content (AvgIpc) is 2.75. The molecule has 2 aromatic rings. The smallest absolute Gasteiger partial charge is 0.122 e. The Hall–Kier alpha value is -1.77. The number of benzene rings is 1. The van der Waals surface area contributed by atoms with Gasteiger partial charge in [0.15, 0.2) is 0 Å². The highest BCUT2D eigenvalue weighted by Gasteiger charge is 2.06. The molecule has 1 N–H and O–H groups in total. The zero-order valence-corrected chi connectivity index (χ0v) is 12.0. The van der Waals surface area contributed by atoms with Gasteiger partial charge in [0.25, 0.3) is 0 Å². The number of H-pyrrole nitrogens is 1.